The fourth-order valence-corrected chi connectivity index (χ4v) is 3.13. The van der Waals surface area contributed by atoms with E-state index < -0.39 is 0 Å². The van der Waals surface area contributed by atoms with Gasteiger partial charge in [0.15, 0.2) is 0 Å². The molecule has 168 valence electrons. The SMILES string of the molecule is CCCCCCCCCCCCCCCCCC[N+](C)(C)C.CN(C)C.Cl. The summed E-state index contributed by atoms with van der Waals surface area (Å²) in [6, 6.07) is 0. The van der Waals surface area contributed by atoms with Crippen molar-refractivity contribution < 1.29 is 4.48 Å². The first-order chi connectivity index (χ1) is 12.3. The van der Waals surface area contributed by atoms with E-state index in [1.165, 1.54) is 109 Å². The van der Waals surface area contributed by atoms with Crippen molar-refractivity contribution in [1.82, 2.24) is 4.90 Å². The Morgan fingerprint density at radius 1 is 0.481 bits per heavy atom. The molecule has 0 radical (unpaired) electrons. The van der Waals surface area contributed by atoms with Gasteiger partial charge in [0.05, 0.1) is 27.7 Å². The predicted octanol–water partition coefficient (Wildman–Crippen LogP) is 7.55. The molecule has 0 unspecified atom stereocenters. The third kappa shape index (κ3) is 41.6. The Hall–Kier alpha value is 0.210. The van der Waals surface area contributed by atoms with Crippen LogP contribution in [0.1, 0.15) is 110 Å². The maximum Gasteiger partial charge on any atom is 0.0780 e. The zero-order valence-electron chi connectivity index (χ0n) is 20.3. The lowest BCUT2D eigenvalue weighted by molar-refractivity contribution is -0.870. The molecule has 0 aromatic heterocycles. The Labute approximate surface area is 180 Å². The van der Waals surface area contributed by atoms with Crippen LogP contribution in [0, 0.1) is 0 Å². The second kappa shape index (κ2) is 24.2. The molecule has 3 heteroatoms. The van der Waals surface area contributed by atoms with Crippen LogP contribution >= 0.6 is 12.4 Å². The minimum absolute atomic E-state index is 0. The van der Waals surface area contributed by atoms with Gasteiger partial charge in [-0.1, -0.05) is 96.8 Å². The van der Waals surface area contributed by atoms with Gasteiger partial charge in [-0.15, -0.1) is 12.4 Å². The zero-order chi connectivity index (χ0) is 20.1. The van der Waals surface area contributed by atoms with Crippen LogP contribution in [-0.4, -0.2) is 58.2 Å². The molecule has 0 fully saturated rings. The molecule has 0 saturated heterocycles. The molecule has 0 aliphatic heterocycles. The summed E-state index contributed by atoms with van der Waals surface area (Å²) in [5.41, 5.74) is 0. The van der Waals surface area contributed by atoms with Gasteiger partial charge >= 0.3 is 0 Å². The van der Waals surface area contributed by atoms with Crippen molar-refractivity contribution in [3.8, 4) is 0 Å². The summed E-state index contributed by atoms with van der Waals surface area (Å²) in [5, 5.41) is 0. The minimum Gasteiger partial charge on any atom is -0.331 e. The summed E-state index contributed by atoms with van der Waals surface area (Å²) in [6.07, 6.45) is 23.4. The van der Waals surface area contributed by atoms with E-state index in [1.54, 1.807) is 0 Å². The molecule has 0 atom stereocenters. The van der Waals surface area contributed by atoms with Crippen LogP contribution in [0.25, 0.3) is 0 Å². The lowest BCUT2D eigenvalue weighted by Gasteiger charge is -2.23. The summed E-state index contributed by atoms with van der Waals surface area (Å²) in [7, 11) is 12.9. The van der Waals surface area contributed by atoms with Gasteiger partial charge in [0.1, 0.15) is 0 Å². The fourth-order valence-electron chi connectivity index (χ4n) is 3.13. The number of nitrogens with zero attached hydrogens (tertiary/aromatic N) is 2. The highest BCUT2D eigenvalue weighted by Gasteiger charge is 2.04. The maximum absolute atomic E-state index is 2.30. The maximum atomic E-state index is 2.30. The van der Waals surface area contributed by atoms with Gasteiger partial charge in [-0.2, -0.15) is 0 Å². The second-order valence-electron chi connectivity index (χ2n) is 9.66. The molecule has 0 spiro atoms. The molecule has 0 aliphatic rings. The molecule has 0 N–H and O–H groups in total. The van der Waals surface area contributed by atoms with Gasteiger partial charge in [0.25, 0.3) is 0 Å². The Balaban J connectivity index is -0.00000104. The lowest BCUT2D eigenvalue weighted by atomic mass is 10.0. The first kappa shape index (κ1) is 31.9. The molecule has 0 aromatic rings. The van der Waals surface area contributed by atoms with Crippen LogP contribution in [0.2, 0.25) is 0 Å². The standard InChI is InChI=1S/C21H46N.C3H9N.ClH/c1-5-6-7-8-9-10-11-12-13-14-15-16-17-18-19-20-21-22(2,3)4;1-4(2)3;/h5-21H2,1-4H3;1-3H3;1H/q+1;;. The average Bonchev–Trinajstić information content (AvgIpc) is 2.53. The van der Waals surface area contributed by atoms with E-state index in [9.17, 15) is 0 Å². The minimum atomic E-state index is 0. The Morgan fingerprint density at radius 3 is 0.926 bits per heavy atom. The van der Waals surface area contributed by atoms with Crippen LogP contribution in [-0.2, 0) is 0 Å². The van der Waals surface area contributed by atoms with Crippen molar-refractivity contribution in [2.24, 2.45) is 0 Å². The van der Waals surface area contributed by atoms with Crippen molar-refractivity contribution in [3.05, 3.63) is 0 Å². The number of rotatable bonds is 17. The van der Waals surface area contributed by atoms with Crippen LogP contribution in [0.15, 0.2) is 0 Å². The van der Waals surface area contributed by atoms with E-state index in [0.29, 0.717) is 0 Å². The van der Waals surface area contributed by atoms with Crippen LogP contribution < -0.4 is 0 Å². The van der Waals surface area contributed by atoms with Gasteiger partial charge in [-0.25, -0.2) is 0 Å². The first-order valence-corrected chi connectivity index (χ1v) is 11.7. The third-order valence-electron chi connectivity index (χ3n) is 4.68. The monoisotopic (exact) mass is 407 g/mol. The zero-order valence-corrected chi connectivity index (χ0v) is 21.1. The van der Waals surface area contributed by atoms with E-state index in [-0.39, 0.29) is 12.4 Å². The highest BCUT2D eigenvalue weighted by molar-refractivity contribution is 5.85. The van der Waals surface area contributed by atoms with E-state index in [2.05, 4.69) is 28.1 Å². The lowest BCUT2D eigenvalue weighted by Crippen LogP contribution is -2.35. The van der Waals surface area contributed by atoms with Gasteiger partial charge in [0.2, 0.25) is 0 Å². The summed E-state index contributed by atoms with van der Waals surface area (Å²) in [4.78, 5) is 2.00. The number of hydrogen-bond donors (Lipinski definition) is 0. The van der Waals surface area contributed by atoms with Crippen molar-refractivity contribution >= 4 is 12.4 Å². The Bertz CT molecular complexity index is 247. The molecule has 0 saturated carbocycles. The van der Waals surface area contributed by atoms with E-state index in [0.717, 1.165) is 4.48 Å². The Kier molecular flexibility index (Phi) is 28.6. The van der Waals surface area contributed by atoms with Crippen molar-refractivity contribution in [2.45, 2.75) is 110 Å². The van der Waals surface area contributed by atoms with Gasteiger partial charge in [-0.05, 0) is 34.0 Å². The molecular weight excluding hydrogens is 352 g/mol. The molecular formula is C24H56ClN2+. The third-order valence-corrected chi connectivity index (χ3v) is 4.68. The summed E-state index contributed by atoms with van der Waals surface area (Å²) < 4.78 is 1.12. The number of halogens is 1. The van der Waals surface area contributed by atoms with Gasteiger partial charge < -0.3 is 9.38 Å². The van der Waals surface area contributed by atoms with Crippen molar-refractivity contribution in [2.75, 3.05) is 48.8 Å². The van der Waals surface area contributed by atoms with E-state index >= 15 is 0 Å². The van der Waals surface area contributed by atoms with Crippen molar-refractivity contribution in [1.29, 1.82) is 0 Å². The summed E-state index contributed by atoms with van der Waals surface area (Å²) in [6.45, 7) is 3.63. The fraction of sp³-hybridized carbons (Fsp3) is 1.00. The summed E-state index contributed by atoms with van der Waals surface area (Å²) >= 11 is 0. The topological polar surface area (TPSA) is 3.24 Å². The van der Waals surface area contributed by atoms with Gasteiger partial charge in [-0.3, -0.25) is 0 Å². The molecule has 0 aromatic carbocycles. The average molecular weight is 408 g/mol. The number of quaternary nitrogens is 1. The highest BCUT2D eigenvalue weighted by atomic mass is 35.5. The van der Waals surface area contributed by atoms with Gasteiger partial charge in [0, 0.05) is 0 Å². The molecule has 0 bridgehead atoms. The molecule has 2 nitrogen and oxygen atoms in total. The van der Waals surface area contributed by atoms with Crippen molar-refractivity contribution in [3.63, 3.8) is 0 Å². The quantitative estimate of drug-likeness (QED) is 0.177. The highest BCUT2D eigenvalue weighted by Crippen LogP contribution is 2.13. The number of hydrogen-bond acceptors (Lipinski definition) is 1. The molecule has 0 amide bonds. The predicted molar refractivity (Wildman–Crippen MR) is 129 cm³/mol. The van der Waals surface area contributed by atoms with Crippen LogP contribution in [0.5, 0.6) is 0 Å². The smallest absolute Gasteiger partial charge is 0.0780 e. The molecule has 0 rings (SSSR count). The van der Waals surface area contributed by atoms with E-state index in [1.807, 2.05) is 26.0 Å². The number of unbranched alkanes of at least 4 members (excludes halogenated alkanes) is 15. The van der Waals surface area contributed by atoms with E-state index in [4.69, 9.17) is 0 Å². The largest absolute Gasteiger partial charge is 0.331 e. The normalized spacial score (nSPS) is 11.1. The van der Waals surface area contributed by atoms with Crippen LogP contribution in [0.4, 0.5) is 0 Å². The molecule has 0 aliphatic carbocycles. The second-order valence-corrected chi connectivity index (χ2v) is 9.66. The Morgan fingerprint density at radius 2 is 0.704 bits per heavy atom. The van der Waals surface area contributed by atoms with Crippen LogP contribution in [0.3, 0.4) is 0 Å². The summed E-state index contributed by atoms with van der Waals surface area (Å²) in [5.74, 6) is 0. The molecule has 27 heavy (non-hydrogen) atoms. The first-order valence-electron chi connectivity index (χ1n) is 11.7. The molecule has 0 heterocycles.